The Bertz CT molecular complexity index is 715. The van der Waals surface area contributed by atoms with Gasteiger partial charge in [0.1, 0.15) is 0 Å². The smallest absolute Gasteiger partial charge is 0.274 e. The van der Waals surface area contributed by atoms with Crippen molar-refractivity contribution in [3.8, 4) is 0 Å². The predicted molar refractivity (Wildman–Crippen MR) is 71.6 cm³/mol. The fraction of sp³-hybridized carbons (Fsp3) is 0.900. The van der Waals surface area contributed by atoms with Gasteiger partial charge in [-0.3, -0.25) is 4.79 Å². The molecule has 15 heteroatoms. The van der Waals surface area contributed by atoms with Gasteiger partial charge in [0.2, 0.25) is 5.91 Å². The van der Waals surface area contributed by atoms with Gasteiger partial charge in [-0.05, 0) is 12.8 Å². The lowest BCUT2D eigenvalue weighted by Crippen LogP contribution is -2.59. The second-order valence-corrected chi connectivity index (χ2v) is 8.80. The Balaban J connectivity index is 3.31. The highest BCUT2D eigenvalue weighted by atomic mass is 32.2. The van der Waals surface area contributed by atoms with Crippen molar-refractivity contribution in [2.24, 2.45) is 0 Å². The van der Waals surface area contributed by atoms with Crippen molar-refractivity contribution in [2.75, 3.05) is 0 Å². The zero-order chi connectivity index (χ0) is 19.8. The Morgan fingerprint density at radius 1 is 0.960 bits per heavy atom. The largest absolute Gasteiger partial charge is 0.516 e. The highest BCUT2D eigenvalue weighted by Gasteiger charge is 2.55. The molecule has 0 aliphatic heterocycles. The van der Waals surface area contributed by atoms with E-state index in [1.54, 1.807) is 0 Å². The summed E-state index contributed by atoms with van der Waals surface area (Å²) in [6.45, 7) is 0.493. The molecule has 0 radical (unpaired) electrons. The molecule has 0 aromatic rings. The van der Waals surface area contributed by atoms with Gasteiger partial charge >= 0.3 is 31.1 Å². The van der Waals surface area contributed by atoms with Gasteiger partial charge in [-0.1, -0.05) is 12.8 Å². The fourth-order valence-electron chi connectivity index (χ4n) is 2.49. The number of hydrogen-bond acceptors (Lipinski definition) is 5. The molecule has 1 N–H and O–H groups in total. The Kier molecular flexibility index (Phi) is 6.06. The van der Waals surface area contributed by atoms with E-state index in [0.29, 0.717) is 6.92 Å². The van der Waals surface area contributed by atoms with Gasteiger partial charge in [-0.2, -0.15) is 34.8 Å². The van der Waals surface area contributed by atoms with Crippen LogP contribution in [0.25, 0.3) is 0 Å². The van der Waals surface area contributed by atoms with Crippen LogP contribution in [0.2, 0.25) is 0 Å². The van der Waals surface area contributed by atoms with Crippen LogP contribution in [-0.4, -0.2) is 50.1 Å². The number of amides is 1. The van der Waals surface area contributed by atoms with Crippen LogP contribution in [0.1, 0.15) is 32.6 Å². The highest BCUT2D eigenvalue weighted by molar-refractivity contribution is 7.90. The lowest BCUT2D eigenvalue weighted by molar-refractivity contribution is -0.128. The molecule has 1 amide bonds. The van der Waals surface area contributed by atoms with Gasteiger partial charge in [-0.15, -0.1) is 0 Å². The van der Waals surface area contributed by atoms with E-state index in [4.69, 9.17) is 0 Å². The molecule has 1 aliphatic carbocycles. The van der Waals surface area contributed by atoms with E-state index in [0.717, 1.165) is 0 Å². The third-order valence-electron chi connectivity index (χ3n) is 3.50. The minimum absolute atomic E-state index is 0.103. The first kappa shape index (κ1) is 22.0. The summed E-state index contributed by atoms with van der Waals surface area (Å²) >= 11 is 0. The van der Waals surface area contributed by atoms with Crippen molar-refractivity contribution in [3.63, 3.8) is 0 Å². The molecule has 2 atom stereocenters. The Morgan fingerprint density at radius 2 is 1.44 bits per heavy atom. The minimum Gasteiger partial charge on any atom is -0.274 e. The van der Waals surface area contributed by atoms with Crippen LogP contribution in [0.15, 0.2) is 0 Å². The molecule has 1 saturated carbocycles. The molecule has 1 fully saturated rings. The van der Waals surface area contributed by atoms with Crippen molar-refractivity contribution in [1.82, 2.24) is 9.03 Å². The summed E-state index contributed by atoms with van der Waals surface area (Å²) < 4.78 is 122. The van der Waals surface area contributed by atoms with Crippen LogP contribution in [0.4, 0.5) is 26.3 Å². The van der Waals surface area contributed by atoms with Gasteiger partial charge in [0, 0.05) is 13.0 Å². The monoisotopic (exact) mass is 420 g/mol. The minimum atomic E-state index is -6.19. The van der Waals surface area contributed by atoms with Crippen molar-refractivity contribution in [3.05, 3.63) is 0 Å². The zero-order valence-corrected chi connectivity index (χ0v) is 14.2. The molecule has 2 unspecified atom stereocenters. The van der Waals surface area contributed by atoms with Gasteiger partial charge in [0.05, 0.1) is 6.04 Å². The first-order chi connectivity index (χ1) is 11.0. The van der Waals surface area contributed by atoms with Gasteiger partial charge < -0.3 is 0 Å². The second kappa shape index (κ2) is 6.90. The number of alkyl halides is 6. The van der Waals surface area contributed by atoms with Crippen LogP contribution < -0.4 is 4.72 Å². The van der Waals surface area contributed by atoms with E-state index in [1.165, 1.54) is 4.72 Å². The maximum absolute atomic E-state index is 12.8. The average molecular weight is 420 g/mol. The van der Waals surface area contributed by atoms with E-state index in [1.807, 2.05) is 0 Å². The first-order valence-corrected chi connectivity index (χ1v) is 9.64. The molecular formula is C10H14F6N2O5S2. The van der Waals surface area contributed by atoms with E-state index in [2.05, 4.69) is 0 Å². The lowest BCUT2D eigenvalue weighted by Gasteiger charge is -2.38. The van der Waals surface area contributed by atoms with E-state index in [9.17, 15) is 48.0 Å². The van der Waals surface area contributed by atoms with Crippen molar-refractivity contribution in [2.45, 2.75) is 55.7 Å². The SMILES string of the molecule is CC(=O)N(C1CCCCC1NS(=O)(=O)C(F)(F)F)S(=O)(=O)C(F)(F)F. The summed E-state index contributed by atoms with van der Waals surface area (Å²) in [7, 11) is -12.1. The number of nitrogens with zero attached hydrogens (tertiary/aromatic N) is 1. The maximum atomic E-state index is 12.8. The maximum Gasteiger partial charge on any atom is 0.516 e. The standard InChI is InChI=1S/C10H14F6N2O5S2/c1-6(19)18(25(22,23)10(14,15)16)8-5-3-2-4-7(8)17-24(20,21)9(11,12)13/h7-8,17H,2-5H2,1H3. The summed E-state index contributed by atoms with van der Waals surface area (Å²) in [5.74, 6) is -1.58. The lowest BCUT2D eigenvalue weighted by atomic mass is 9.91. The molecule has 7 nitrogen and oxygen atoms in total. The molecule has 0 bridgehead atoms. The van der Waals surface area contributed by atoms with E-state index < -0.39 is 59.8 Å². The van der Waals surface area contributed by atoms with Crippen molar-refractivity contribution < 1.29 is 48.0 Å². The molecule has 0 aromatic carbocycles. The normalized spacial score (nSPS) is 23.3. The zero-order valence-electron chi connectivity index (χ0n) is 12.6. The molecule has 0 saturated heterocycles. The summed E-state index contributed by atoms with van der Waals surface area (Å²) in [6.07, 6.45) is -0.539. The molecule has 1 aliphatic rings. The number of nitrogens with one attached hydrogen (secondary N) is 1. The Morgan fingerprint density at radius 3 is 1.84 bits per heavy atom. The van der Waals surface area contributed by atoms with Crippen LogP contribution >= 0.6 is 0 Å². The second-order valence-electron chi connectivity index (χ2n) is 5.29. The van der Waals surface area contributed by atoms with Crippen molar-refractivity contribution >= 4 is 26.0 Å². The van der Waals surface area contributed by atoms with Crippen LogP contribution in [-0.2, 0) is 24.8 Å². The predicted octanol–water partition coefficient (Wildman–Crippen LogP) is 1.43. The average Bonchev–Trinajstić information content (AvgIpc) is 2.37. The Hall–Kier alpha value is -1.09. The topological polar surface area (TPSA) is 101 Å². The molecule has 148 valence electrons. The number of sulfonamides is 2. The molecular weight excluding hydrogens is 406 g/mol. The molecule has 0 heterocycles. The van der Waals surface area contributed by atoms with E-state index >= 15 is 0 Å². The summed E-state index contributed by atoms with van der Waals surface area (Å²) in [4.78, 5) is 11.5. The Labute approximate surface area is 139 Å². The first-order valence-electron chi connectivity index (χ1n) is 6.72. The summed E-state index contributed by atoms with van der Waals surface area (Å²) in [5, 5.41) is 0. The fourth-order valence-corrected chi connectivity index (χ4v) is 4.47. The van der Waals surface area contributed by atoms with Gasteiger partial charge in [-0.25, -0.2) is 17.4 Å². The number of hydrogen-bond donors (Lipinski definition) is 1. The third-order valence-corrected chi connectivity index (χ3v) is 6.36. The number of rotatable bonds is 4. The summed E-state index contributed by atoms with van der Waals surface area (Å²) in [6, 6.07) is -3.75. The quantitative estimate of drug-likeness (QED) is 0.694. The van der Waals surface area contributed by atoms with Crippen molar-refractivity contribution in [1.29, 1.82) is 0 Å². The number of halogens is 6. The number of carbonyl (C=O) groups excluding carboxylic acids is 1. The van der Waals surface area contributed by atoms with Gasteiger partial charge in [0.25, 0.3) is 0 Å². The number of carbonyl (C=O) groups is 1. The van der Waals surface area contributed by atoms with Crippen LogP contribution in [0.3, 0.4) is 0 Å². The molecule has 25 heavy (non-hydrogen) atoms. The summed E-state index contributed by atoms with van der Waals surface area (Å²) in [5.41, 5.74) is -11.6. The molecule has 1 rings (SSSR count). The molecule has 0 aromatic heterocycles. The van der Waals surface area contributed by atoms with E-state index in [-0.39, 0.29) is 19.3 Å². The third kappa shape index (κ3) is 4.55. The molecule has 0 spiro atoms. The van der Waals surface area contributed by atoms with Gasteiger partial charge in [0.15, 0.2) is 0 Å². The van der Waals surface area contributed by atoms with Crippen LogP contribution in [0.5, 0.6) is 0 Å². The highest BCUT2D eigenvalue weighted by Crippen LogP contribution is 2.34. The van der Waals surface area contributed by atoms with Crippen LogP contribution in [0, 0.1) is 0 Å².